The van der Waals surface area contributed by atoms with Crippen LogP contribution in [0, 0.1) is 0 Å². The number of aromatic nitrogens is 3. The zero-order valence-corrected chi connectivity index (χ0v) is 9.38. The Labute approximate surface area is 94.2 Å². The number of hydrogen-bond donors (Lipinski definition) is 0. The smallest absolute Gasteiger partial charge is 0.337 e. The fourth-order valence-corrected chi connectivity index (χ4v) is 2.79. The van der Waals surface area contributed by atoms with E-state index in [0.717, 1.165) is 12.4 Å². The van der Waals surface area contributed by atoms with Crippen LogP contribution in [-0.4, -0.2) is 23.4 Å². The Balaban J connectivity index is 2.16. The fourth-order valence-electron chi connectivity index (χ4n) is 2.79. The van der Waals surface area contributed by atoms with Crippen molar-refractivity contribution in [2.75, 3.05) is 11.9 Å². The molecule has 2 aliphatic rings. The van der Waals surface area contributed by atoms with Crippen LogP contribution < -0.4 is 15.0 Å². The highest BCUT2D eigenvalue weighted by atomic mass is 15.3. The molecular formula is C11H12BN4+. The van der Waals surface area contributed by atoms with E-state index in [1.165, 1.54) is 17.1 Å². The lowest BCUT2D eigenvalue weighted by molar-refractivity contribution is -0.674. The number of rotatable bonds is 0. The Bertz CT molecular complexity index is 604. The zero-order chi connectivity index (χ0) is 10.9. The maximum atomic E-state index is 4.52. The first-order chi connectivity index (χ1) is 7.77. The van der Waals surface area contributed by atoms with Gasteiger partial charge in [-0.1, -0.05) is 6.82 Å². The van der Waals surface area contributed by atoms with Gasteiger partial charge in [0.25, 0.3) is 0 Å². The average molecular weight is 211 g/mol. The molecule has 0 N–H and O–H groups in total. The van der Waals surface area contributed by atoms with Crippen molar-refractivity contribution in [1.29, 1.82) is 0 Å². The van der Waals surface area contributed by atoms with Gasteiger partial charge in [-0.25, -0.2) is 9.55 Å². The lowest BCUT2D eigenvalue weighted by Crippen LogP contribution is -2.52. The summed E-state index contributed by atoms with van der Waals surface area (Å²) in [4.78, 5) is 6.83. The van der Waals surface area contributed by atoms with E-state index in [1.807, 2.05) is 6.20 Å². The van der Waals surface area contributed by atoms with Gasteiger partial charge in [-0.2, -0.15) is 4.57 Å². The summed E-state index contributed by atoms with van der Waals surface area (Å²) in [5.41, 5.74) is 2.58. The second-order valence-corrected chi connectivity index (χ2v) is 4.57. The van der Waals surface area contributed by atoms with Crippen LogP contribution in [0.5, 0.6) is 0 Å². The molecule has 0 saturated heterocycles. The molecular weight excluding hydrogens is 199 g/mol. The third-order valence-corrected chi connectivity index (χ3v) is 3.80. The Kier molecular flexibility index (Phi) is 1.30. The minimum Gasteiger partial charge on any atom is -0.404 e. The van der Waals surface area contributed by atoms with Gasteiger partial charge in [-0.15, -0.1) is 0 Å². The third kappa shape index (κ3) is 0.753. The molecule has 4 rings (SSSR count). The molecule has 0 fully saturated rings. The van der Waals surface area contributed by atoms with E-state index < -0.39 is 0 Å². The van der Waals surface area contributed by atoms with Crippen LogP contribution in [0.4, 0.5) is 5.69 Å². The Hall–Kier alpha value is -1.78. The minimum atomic E-state index is 0.391. The van der Waals surface area contributed by atoms with Gasteiger partial charge in [-0.3, -0.25) is 0 Å². The van der Waals surface area contributed by atoms with E-state index in [1.54, 1.807) is 0 Å². The number of anilines is 1. The van der Waals surface area contributed by atoms with Crippen molar-refractivity contribution in [3.05, 3.63) is 30.4 Å². The van der Waals surface area contributed by atoms with E-state index in [4.69, 9.17) is 0 Å². The monoisotopic (exact) mass is 211 g/mol. The molecule has 0 atom stereocenters. The summed E-state index contributed by atoms with van der Waals surface area (Å²) in [5.74, 6) is 2.42. The van der Waals surface area contributed by atoms with Crippen molar-refractivity contribution in [2.45, 2.75) is 13.4 Å². The molecule has 2 aliphatic heterocycles. The normalized spacial score (nSPS) is 15.6. The molecule has 2 aromatic heterocycles. The van der Waals surface area contributed by atoms with Crippen molar-refractivity contribution in [3.8, 4) is 5.82 Å². The summed E-state index contributed by atoms with van der Waals surface area (Å²) in [7, 11) is 2.15. The molecule has 4 nitrogen and oxygen atoms in total. The highest BCUT2D eigenvalue weighted by Crippen LogP contribution is 2.28. The lowest BCUT2D eigenvalue weighted by Gasteiger charge is -2.27. The van der Waals surface area contributed by atoms with Gasteiger partial charge in [-0.05, 0) is 19.2 Å². The van der Waals surface area contributed by atoms with Crippen LogP contribution in [0.3, 0.4) is 0 Å². The van der Waals surface area contributed by atoms with Crippen LogP contribution >= 0.6 is 0 Å². The molecule has 0 radical (unpaired) electrons. The SMILES string of the molecule is CB1c2cnc3n2-c2c(ccc[n+]2C3)N1C. The summed E-state index contributed by atoms with van der Waals surface area (Å²) in [6, 6.07) is 4.29. The predicted molar refractivity (Wildman–Crippen MR) is 62.5 cm³/mol. The number of imidazole rings is 1. The predicted octanol–water partition coefficient (Wildman–Crippen LogP) is -0.200. The van der Waals surface area contributed by atoms with Crippen molar-refractivity contribution >= 4 is 18.1 Å². The van der Waals surface area contributed by atoms with Crippen LogP contribution in [0.2, 0.25) is 6.82 Å². The maximum Gasteiger partial charge on any atom is 0.337 e. The molecule has 5 heteroatoms. The first-order valence-corrected chi connectivity index (χ1v) is 5.59. The van der Waals surface area contributed by atoms with Crippen molar-refractivity contribution in [3.63, 3.8) is 0 Å². The lowest BCUT2D eigenvalue weighted by atomic mass is 9.59. The van der Waals surface area contributed by atoms with E-state index >= 15 is 0 Å². The molecule has 4 heterocycles. The third-order valence-electron chi connectivity index (χ3n) is 3.80. The highest BCUT2D eigenvalue weighted by Gasteiger charge is 2.42. The number of pyridine rings is 1. The Morgan fingerprint density at radius 3 is 3.25 bits per heavy atom. The number of hydrogen-bond acceptors (Lipinski definition) is 2. The van der Waals surface area contributed by atoms with E-state index in [9.17, 15) is 0 Å². The molecule has 0 aliphatic carbocycles. The zero-order valence-electron chi connectivity index (χ0n) is 9.38. The van der Waals surface area contributed by atoms with Gasteiger partial charge < -0.3 is 4.81 Å². The van der Waals surface area contributed by atoms with Crippen LogP contribution in [0.25, 0.3) is 5.82 Å². The quantitative estimate of drug-likeness (QED) is 0.380. The van der Waals surface area contributed by atoms with E-state index in [-0.39, 0.29) is 0 Å². The molecule has 16 heavy (non-hydrogen) atoms. The van der Waals surface area contributed by atoms with Gasteiger partial charge in [0.05, 0.1) is 12.4 Å². The largest absolute Gasteiger partial charge is 0.404 e. The van der Waals surface area contributed by atoms with Gasteiger partial charge in [0.2, 0.25) is 5.82 Å². The molecule has 0 saturated carbocycles. The van der Waals surface area contributed by atoms with Gasteiger partial charge in [0.1, 0.15) is 11.3 Å². The Morgan fingerprint density at radius 1 is 1.50 bits per heavy atom. The van der Waals surface area contributed by atoms with E-state index in [2.05, 4.69) is 51.1 Å². The summed E-state index contributed by atoms with van der Waals surface area (Å²) in [6.45, 7) is 3.51. The second-order valence-electron chi connectivity index (χ2n) is 4.57. The van der Waals surface area contributed by atoms with Crippen molar-refractivity contribution in [1.82, 2.24) is 9.55 Å². The van der Waals surface area contributed by atoms with Crippen molar-refractivity contribution < 1.29 is 4.57 Å². The summed E-state index contributed by atoms with van der Waals surface area (Å²) < 4.78 is 4.57. The van der Waals surface area contributed by atoms with Crippen LogP contribution in [0.15, 0.2) is 24.5 Å². The fraction of sp³-hybridized carbons (Fsp3) is 0.273. The highest BCUT2D eigenvalue weighted by molar-refractivity contribution is 6.75. The molecule has 0 aromatic carbocycles. The maximum absolute atomic E-state index is 4.52. The molecule has 78 valence electrons. The Morgan fingerprint density at radius 2 is 2.38 bits per heavy atom. The summed E-state index contributed by atoms with van der Waals surface area (Å²) in [5, 5.41) is 0. The van der Waals surface area contributed by atoms with Gasteiger partial charge in [0.15, 0.2) is 6.54 Å². The first-order valence-electron chi connectivity index (χ1n) is 5.59. The van der Waals surface area contributed by atoms with E-state index in [0.29, 0.717) is 6.85 Å². The summed E-state index contributed by atoms with van der Waals surface area (Å²) >= 11 is 0. The van der Waals surface area contributed by atoms with Gasteiger partial charge >= 0.3 is 12.7 Å². The molecule has 0 spiro atoms. The minimum absolute atomic E-state index is 0.391. The standard InChI is InChI=1S/C11H12BN4/c1-12-9-6-13-10-7-15-5-3-4-8(14(12)2)11(15)16(9)10/h3-6H,7H2,1-2H3/q+1. The number of nitrogens with zero attached hydrogens (tertiary/aromatic N) is 4. The molecule has 0 amide bonds. The first kappa shape index (κ1) is 8.39. The molecule has 0 bridgehead atoms. The average Bonchev–Trinajstić information content (AvgIpc) is 2.83. The molecule has 0 unspecified atom stereocenters. The summed E-state index contributed by atoms with van der Waals surface area (Å²) in [6.07, 6.45) is 4.14. The topological polar surface area (TPSA) is 24.9 Å². The van der Waals surface area contributed by atoms with Crippen LogP contribution in [0.1, 0.15) is 5.82 Å². The van der Waals surface area contributed by atoms with Crippen molar-refractivity contribution in [2.24, 2.45) is 0 Å². The van der Waals surface area contributed by atoms with Gasteiger partial charge in [0, 0.05) is 0 Å². The molecule has 2 aromatic rings. The second kappa shape index (κ2) is 2.48. The van der Waals surface area contributed by atoms with Crippen LogP contribution in [-0.2, 0) is 6.54 Å².